The van der Waals surface area contributed by atoms with E-state index in [9.17, 15) is 20.2 Å². The molecule has 0 radical (unpaired) electrons. The lowest BCUT2D eigenvalue weighted by Gasteiger charge is -2.25. The molecule has 0 fully saturated rings. The fourth-order valence-electron chi connectivity index (χ4n) is 13.8. The predicted molar refractivity (Wildman–Crippen MR) is 388 cm³/mol. The van der Waals surface area contributed by atoms with Gasteiger partial charge in [-0.3, -0.25) is 20.2 Å². The van der Waals surface area contributed by atoms with E-state index in [0.29, 0.717) is 163 Å². The molecule has 8 aromatic carbocycles. The predicted octanol–water partition coefficient (Wildman–Crippen LogP) is 18.7. The van der Waals surface area contributed by atoms with E-state index in [1.807, 2.05) is 0 Å². The Kier molecular flexibility index (Phi) is 23.7. The number of para-hydroxylation sites is 2. The Hall–Kier alpha value is -9.44. The number of rotatable bonds is 26. The molecule has 0 saturated carbocycles. The summed E-state index contributed by atoms with van der Waals surface area (Å²) in [7, 11) is 0. The van der Waals surface area contributed by atoms with Crippen LogP contribution in [-0.2, 0) is 64.5 Å². The minimum Gasteiger partial charge on any atom is -0.493 e. The van der Waals surface area contributed by atoms with Gasteiger partial charge in [-0.15, -0.1) is 0 Å². The number of fused-ring (bicyclic) bond motifs is 2. The van der Waals surface area contributed by atoms with E-state index >= 15 is 0 Å². The van der Waals surface area contributed by atoms with Crippen LogP contribution < -0.4 is 48.5 Å². The largest absolute Gasteiger partial charge is 0.493 e. The molecular formula is C82H96N4O12. The maximum Gasteiger partial charge on any atom is 0.270 e. The minimum atomic E-state index is -0.321. The Bertz CT molecular complexity index is 3710. The van der Waals surface area contributed by atoms with Crippen LogP contribution in [0.5, 0.6) is 46.0 Å². The third-order valence-corrected chi connectivity index (χ3v) is 18.0. The number of nitro groups is 2. The molecule has 0 atom stereocenters. The van der Waals surface area contributed by atoms with Crippen molar-refractivity contribution >= 4 is 22.7 Å². The summed E-state index contributed by atoms with van der Waals surface area (Å²) >= 11 is 0. The van der Waals surface area contributed by atoms with E-state index in [0.717, 1.165) is 138 Å². The number of ether oxygens (including phenoxy) is 8. The normalized spacial score (nSPS) is 13.1. The molecule has 2 aliphatic carbocycles. The first-order valence-electron chi connectivity index (χ1n) is 35.8. The molecule has 0 amide bonds. The molecule has 8 aromatic rings. The zero-order valence-electron chi connectivity index (χ0n) is 58.6. The summed E-state index contributed by atoms with van der Waals surface area (Å²) in [6.07, 6.45) is 8.73. The van der Waals surface area contributed by atoms with E-state index in [4.69, 9.17) is 37.9 Å². The molecule has 0 aromatic heterocycles. The van der Waals surface area contributed by atoms with Gasteiger partial charge in [0.25, 0.3) is 11.4 Å². The van der Waals surface area contributed by atoms with Gasteiger partial charge in [0.15, 0.2) is 0 Å². The lowest BCUT2D eigenvalue weighted by Crippen LogP contribution is -2.13. The SMILES string of the molecule is CCCOc1c2cccc1Cc1cc3cc(c1OCCC)Cc1cccc(c1OCCC)Cc1cc(cc(c1OCCC)C2)NCc1cc2c(OCCC)c(c1)Cc1cc([N+](=O)[O-])cc(c1OCCC)Cc1cc(cc(c1OCCC)Cc1cc([N+](=O)[O-])cc(c1OCCC)C2)CN3. The maximum absolute atomic E-state index is 13.4. The van der Waals surface area contributed by atoms with Gasteiger partial charge in [0.2, 0.25) is 0 Å². The summed E-state index contributed by atoms with van der Waals surface area (Å²) in [6, 6.07) is 37.0. The zero-order valence-corrected chi connectivity index (χ0v) is 58.6. The topological polar surface area (TPSA) is 184 Å². The highest BCUT2D eigenvalue weighted by atomic mass is 16.6. The Labute approximate surface area is 578 Å². The lowest BCUT2D eigenvalue weighted by molar-refractivity contribution is -0.385. The van der Waals surface area contributed by atoms with Crippen molar-refractivity contribution in [3.63, 3.8) is 0 Å². The van der Waals surface area contributed by atoms with Crippen LogP contribution in [0.1, 0.15) is 207 Å². The molecule has 20 bridgehead atoms. The number of nitro benzene ring substituents is 2. The van der Waals surface area contributed by atoms with Crippen LogP contribution in [0, 0.1) is 20.2 Å². The summed E-state index contributed by atoms with van der Waals surface area (Å²) in [5.74, 6) is 5.67. The van der Waals surface area contributed by atoms with Crippen molar-refractivity contribution in [1.29, 1.82) is 0 Å². The monoisotopic (exact) mass is 1330 g/mol. The van der Waals surface area contributed by atoms with Gasteiger partial charge in [-0.2, -0.15) is 0 Å². The first-order chi connectivity index (χ1) is 47.8. The van der Waals surface area contributed by atoms with Crippen LogP contribution in [0.4, 0.5) is 22.7 Å². The number of hydrogen-bond acceptors (Lipinski definition) is 14. The fourth-order valence-corrected chi connectivity index (χ4v) is 13.8. The highest BCUT2D eigenvalue weighted by molar-refractivity contribution is 5.66. The van der Waals surface area contributed by atoms with Gasteiger partial charge in [0.1, 0.15) is 46.0 Å². The Balaban J connectivity index is 1.27. The number of non-ortho nitro benzene ring substituents is 2. The second-order valence-corrected chi connectivity index (χ2v) is 26.2. The summed E-state index contributed by atoms with van der Waals surface area (Å²) in [4.78, 5) is 26.2. The van der Waals surface area contributed by atoms with Crippen molar-refractivity contribution in [2.45, 2.75) is 171 Å². The number of nitrogens with one attached hydrogen (secondary N) is 2. The van der Waals surface area contributed by atoms with E-state index in [-0.39, 0.29) is 46.9 Å². The van der Waals surface area contributed by atoms with Gasteiger partial charge < -0.3 is 48.5 Å². The smallest absolute Gasteiger partial charge is 0.270 e. The fraction of sp³-hybridized carbons (Fsp3) is 0.415. The molecule has 12 rings (SSSR count). The first kappa shape index (κ1) is 69.9. The molecule has 0 saturated heterocycles. The van der Waals surface area contributed by atoms with Crippen molar-refractivity contribution < 1.29 is 47.7 Å². The molecule has 98 heavy (non-hydrogen) atoms. The van der Waals surface area contributed by atoms with Crippen molar-refractivity contribution in [2.24, 2.45) is 0 Å². The van der Waals surface area contributed by atoms with Crippen molar-refractivity contribution in [3.05, 3.63) is 230 Å². The van der Waals surface area contributed by atoms with E-state index in [2.05, 4.69) is 151 Å². The molecule has 4 aliphatic rings. The molecule has 2 N–H and O–H groups in total. The third-order valence-electron chi connectivity index (χ3n) is 18.0. The molecule has 0 spiro atoms. The molecule has 0 unspecified atom stereocenters. The molecule has 16 heteroatoms. The molecule has 516 valence electrons. The average Bonchev–Trinajstić information content (AvgIpc) is 0.807. The zero-order chi connectivity index (χ0) is 68.7. The number of anilines is 2. The van der Waals surface area contributed by atoms with E-state index in [1.165, 1.54) is 0 Å². The number of hydrogen-bond donors (Lipinski definition) is 2. The van der Waals surface area contributed by atoms with Crippen molar-refractivity contribution in [2.75, 3.05) is 63.5 Å². The van der Waals surface area contributed by atoms with Gasteiger partial charge in [-0.25, -0.2) is 0 Å². The number of benzene rings is 8. The first-order valence-corrected chi connectivity index (χ1v) is 35.8. The lowest BCUT2D eigenvalue weighted by atomic mass is 9.89. The average molecular weight is 1330 g/mol. The molecule has 2 heterocycles. The highest BCUT2D eigenvalue weighted by Crippen LogP contribution is 2.46. The van der Waals surface area contributed by atoms with Crippen LogP contribution in [0.25, 0.3) is 0 Å². The van der Waals surface area contributed by atoms with Crippen LogP contribution in [0.3, 0.4) is 0 Å². The number of nitrogens with zero attached hydrogens (tertiary/aromatic N) is 2. The van der Waals surface area contributed by atoms with Gasteiger partial charge in [-0.05, 0) is 156 Å². The van der Waals surface area contributed by atoms with Crippen LogP contribution >= 0.6 is 0 Å². The minimum absolute atomic E-state index is 0.0641. The molecule has 2 aliphatic heterocycles. The van der Waals surface area contributed by atoms with Crippen LogP contribution in [0.15, 0.2) is 109 Å². The van der Waals surface area contributed by atoms with Gasteiger partial charge >= 0.3 is 0 Å². The van der Waals surface area contributed by atoms with Gasteiger partial charge in [0.05, 0.1) is 62.7 Å². The quantitative estimate of drug-likeness (QED) is 0.0385. The molecule has 16 nitrogen and oxygen atoms in total. The van der Waals surface area contributed by atoms with Gasteiger partial charge in [0, 0.05) is 145 Å². The summed E-state index contributed by atoms with van der Waals surface area (Å²) in [5.41, 5.74) is 17.1. The van der Waals surface area contributed by atoms with E-state index in [1.54, 1.807) is 24.3 Å². The Morgan fingerprint density at radius 2 is 0.469 bits per heavy atom. The summed E-state index contributed by atoms with van der Waals surface area (Å²) in [5, 5.41) is 34.7. The Morgan fingerprint density at radius 3 is 0.673 bits per heavy atom. The second-order valence-electron chi connectivity index (χ2n) is 26.2. The van der Waals surface area contributed by atoms with Crippen LogP contribution in [0.2, 0.25) is 0 Å². The van der Waals surface area contributed by atoms with E-state index < -0.39 is 0 Å². The van der Waals surface area contributed by atoms with Gasteiger partial charge in [-0.1, -0.05) is 91.8 Å². The summed E-state index contributed by atoms with van der Waals surface area (Å²) < 4.78 is 55.7. The maximum atomic E-state index is 13.4. The molecular weight excluding hydrogens is 1230 g/mol. The standard InChI is InChI=1S/C82H96N4O12/c1-9-23-91-75-55-19-17-20-56(75)36-64-44-72-46-66(80(64)96-28-14-6)38-58-22-18-21-57(76(58)92-24-10-2)37-65-45-71(43-63(35-55)79(65)95-27-13-5)83-51-53-31-59-39-67-47-73(85(87)88)49-69(81(67)97-29-15-7)41-61-33-54(52-84-72)34-62(78(61)94-26-12-4)42-70-50-74(86(89)90)48-68(82(70)98-30-16-8)40-60(32-53)77(59)93-25-11-3/h17-22,31-34,43-50,83-84H,9-16,23-30,35-42,51-52H2,1-8H3. The third kappa shape index (κ3) is 16.4. The Morgan fingerprint density at radius 1 is 0.286 bits per heavy atom. The summed E-state index contributed by atoms with van der Waals surface area (Å²) in [6.45, 7) is 21.0. The second kappa shape index (κ2) is 33.2. The van der Waals surface area contributed by atoms with Crippen molar-refractivity contribution in [3.8, 4) is 46.0 Å². The van der Waals surface area contributed by atoms with Crippen LogP contribution in [-0.4, -0.2) is 62.7 Å². The highest BCUT2D eigenvalue weighted by Gasteiger charge is 2.30. The van der Waals surface area contributed by atoms with Crippen molar-refractivity contribution in [1.82, 2.24) is 0 Å².